The number of anilines is 1. The first-order valence-corrected chi connectivity index (χ1v) is 8.61. The minimum atomic E-state index is -3.19. The number of rotatable bonds is 8. The molecule has 0 saturated carbocycles. The summed E-state index contributed by atoms with van der Waals surface area (Å²) in [6, 6.07) is 7.02. The van der Waals surface area contributed by atoms with Gasteiger partial charge in [0.2, 0.25) is 0 Å². The van der Waals surface area contributed by atoms with Crippen LogP contribution >= 0.6 is 0 Å². The Labute approximate surface area is 116 Å². The maximum Gasteiger partial charge on any atom is 0.177 e. The summed E-state index contributed by atoms with van der Waals surface area (Å²) < 4.78 is 23.4. The number of hydrogen-bond acceptors (Lipinski definition) is 4. The van der Waals surface area contributed by atoms with E-state index in [4.69, 9.17) is 5.73 Å². The minimum absolute atomic E-state index is 0.359. The van der Waals surface area contributed by atoms with Crippen molar-refractivity contribution >= 4 is 15.5 Å². The number of para-hydroxylation sites is 1. The fourth-order valence-electron chi connectivity index (χ4n) is 2.18. The van der Waals surface area contributed by atoms with E-state index in [2.05, 4.69) is 12.2 Å². The summed E-state index contributed by atoms with van der Waals surface area (Å²) in [5.41, 5.74) is 6.29. The summed E-state index contributed by atoms with van der Waals surface area (Å²) in [6.07, 6.45) is 4.41. The number of nitrogens with two attached hydrogens (primary N) is 1. The molecule has 0 bridgehead atoms. The highest BCUT2D eigenvalue weighted by Gasteiger charge is 2.13. The van der Waals surface area contributed by atoms with Gasteiger partial charge in [-0.05, 0) is 37.4 Å². The number of hydrogen-bond donors (Lipinski definition) is 2. The van der Waals surface area contributed by atoms with Gasteiger partial charge in [0, 0.05) is 12.8 Å². The second-order valence-electron chi connectivity index (χ2n) is 4.88. The molecule has 1 atom stereocenters. The Bertz CT molecular complexity index is 480. The minimum Gasteiger partial charge on any atom is -0.384 e. The smallest absolute Gasteiger partial charge is 0.177 e. The summed E-state index contributed by atoms with van der Waals surface area (Å²) in [7, 11) is -3.19. The zero-order chi connectivity index (χ0) is 14.3. The third kappa shape index (κ3) is 5.20. The van der Waals surface area contributed by atoms with E-state index in [1.54, 1.807) is 12.1 Å². The van der Waals surface area contributed by atoms with Crippen molar-refractivity contribution in [2.24, 2.45) is 11.7 Å². The maximum atomic E-state index is 11.7. The van der Waals surface area contributed by atoms with Crippen LogP contribution in [0.4, 0.5) is 5.69 Å². The average Bonchev–Trinajstić information content (AvgIpc) is 2.36. The summed E-state index contributed by atoms with van der Waals surface area (Å²) in [5.74, 6) is 0.489. The van der Waals surface area contributed by atoms with Crippen LogP contribution in [0.3, 0.4) is 0 Å². The van der Waals surface area contributed by atoms with Gasteiger partial charge in [0.1, 0.15) is 0 Å². The lowest BCUT2D eigenvalue weighted by atomic mass is 10.00. The first-order chi connectivity index (χ1) is 8.99. The molecule has 0 fully saturated rings. The molecule has 0 amide bonds. The van der Waals surface area contributed by atoms with Crippen LogP contribution in [0.2, 0.25) is 0 Å². The fourth-order valence-corrected chi connectivity index (χ4v) is 3.05. The van der Waals surface area contributed by atoms with Crippen molar-refractivity contribution in [1.82, 2.24) is 0 Å². The summed E-state index contributed by atoms with van der Waals surface area (Å²) in [6.45, 7) is 3.58. The van der Waals surface area contributed by atoms with Crippen molar-refractivity contribution in [2.45, 2.75) is 31.1 Å². The zero-order valence-corrected chi connectivity index (χ0v) is 12.5. The average molecular weight is 284 g/mol. The van der Waals surface area contributed by atoms with Gasteiger partial charge in [-0.1, -0.05) is 25.5 Å². The van der Waals surface area contributed by atoms with E-state index in [0.29, 0.717) is 23.0 Å². The normalized spacial score (nSPS) is 13.2. The highest BCUT2D eigenvalue weighted by Crippen LogP contribution is 2.21. The summed E-state index contributed by atoms with van der Waals surface area (Å²) >= 11 is 0. The molecule has 1 aromatic rings. The van der Waals surface area contributed by atoms with E-state index in [1.165, 1.54) is 6.26 Å². The van der Waals surface area contributed by atoms with Gasteiger partial charge in [-0.2, -0.15) is 0 Å². The van der Waals surface area contributed by atoms with Crippen LogP contribution in [0.25, 0.3) is 0 Å². The highest BCUT2D eigenvalue weighted by molar-refractivity contribution is 7.90. The van der Waals surface area contributed by atoms with Crippen molar-refractivity contribution in [1.29, 1.82) is 0 Å². The van der Waals surface area contributed by atoms with Crippen molar-refractivity contribution in [3.63, 3.8) is 0 Å². The van der Waals surface area contributed by atoms with Crippen LogP contribution in [-0.2, 0) is 9.84 Å². The molecule has 0 aliphatic carbocycles. The van der Waals surface area contributed by atoms with Gasteiger partial charge in [-0.3, -0.25) is 0 Å². The molecule has 5 heteroatoms. The van der Waals surface area contributed by atoms with Crippen LogP contribution in [-0.4, -0.2) is 27.8 Å². The predicted octanol–water partition coefficient (Wildman–Crippen LogP) is 2.27. The van der Waals surface area contributed by atoms with Gasteiger partial charge >= 0.3 is 0 Å². The molecule has 19 heavy (non-hydrogen) atoms. The van der Waals surface area contributed by atoms with Gasteiger partial charge in [-0.25, -0.2) is 8.42 Å². The number of sulfone groups is 1. The number of benzene rings is 1. The molecule has 3 N–H and O–H groups in total. The molecule has 0 saturated heterocycles. The predicted molar refractivity (Wildman–Crippen MR) is 80.1 cm³/mol. The Morgan fingerprint density at radius 3 is 2.53 bits per heavy atom. The maximum absolute atomic E-state index is 11.7. The Hall–Kier alpha value is -1.07. The molecular formula is C14H24N2O2S. The standard InChI is InChI=1S/C14H24N2O2S/c1-3-6-12(9-10-15)11-16-13-7-4-5-8-14(13)19(2,17)18/h4-5,7-8,12,16H,3,6,9-11,15H2,1-2H3. The molecule has 1 aromatic carbocycles. The van der Waals surface area contributed by atoms with Crippen molar-refractivity contribution < 1.29 is 8.42 Å². The lowest BCUT2D eigenvalue weighted by Crippen LogP contribution is -2.19. The molecular weight excluding hydrogens is 260 g/mol. The van der Waals surface area contributed by atoms with E-state index < -0.39 is 9.84 Å². The lowest BCUT2D eigenvalue weighted by Gasteiger charge is -2.18. The molecule has 0 aliphatic heterocycles. The first kappa shape index (κ1) is 16.0. The van der Waals surface area contributed by atoms with Gasteiger partial charge in [0.15, 0.2) is 9.84 Å². The Morgan fingerprint density at radius 1 is 1.26 bits per heavy atom. The van der Waals surface area contributed by atoms with Crippen LogP contribution in [0.15, 0.2) is 29.2 Å². The van der Waals surface area contributed by atoms with Crippen LogP contribution in [0, 0.1) is 5.92 Å². The van der Waals surface area contributed by atoms with Crippen LogP contribution in [0.5, 0.6) is 0 Å². The molecule has 0 aromatic heterocycles. The van der Waals surface area contributed by atoms with Gasteiger partial charge in [0.05, 0.1) is 10.6 Å². The SMILES string of the molecule is CCCC(CCN)CNc1ccccc1S(C)(=O)=O. The first-order valence-electron chi connectivity index (χ1n) is 6.72. The molecule has 0 aliphatic rings. The quantitative estimate of drug-likeness (QED) is 0.768. The van der Waals surface area contributed by atoms with E-state index in [9.17, 15) is 8.42 Å². The topological polar surface area (TPSA) is 72.2 Å². The van der Waals surface area contributed by atoms with E-state index >= 15 is 0 Å². The van der Waals surface area contributed by atoms with Crippen LogP contribution < -0.4 is 11.1 Å². The number of nitrogens with one attached hydrogen (secondary N) is 1. The van der Waals surface area contributed by atoms with Crippen molar-refractivity contribution in [3.05, 3.63) is 24.3 Å². The Kier molecular flexibility index (Phi) is 6.31. The van der Waals surface area contributed by atoms with Crippen molar-refractivity contribution in [3.8, 4) is 0 Å². The van der Waals surface area contributed by atoms with Gasteiger partial charge in [-0.15, -0.1) is 0 Å². The van der Waals surface area contributed by atoms with Crippen LogP contribution in [0.1, 0.15) is 26.2 Å². The Morgan fingerprint density at radius 2 is 1.95 bits per heavy atom. The highest BCUT2D eigenvalue weighted by atomic mass is 32.2. The molecule has 108 valence electrons. The zero-order valence-electron chi connectivity index (χ0n) is 11.7. The van der Waals surface area contributed by atoms with E-state index in [1.807, 2.05) is 12.1 Å². The summed E-state index contributed by atoms with van der Waals surface area (Å²) in [5, 5.41) is 3.25. The van der Waals surface area contributed by atoms with Gasteiger partial charge < -0.3 is 11.1 Å². The third-order valence-electron chi connectivity index (χ3n) is 3.14. The fraction of sp³-hybridized carbons (Fsp3) is 0.571. The molecule has 4 nitrogen and oxygen atoms in total. The second-order valence-corrected chi connectivity index (χ2v) is 6.87. The molecule has 0 spiro atoms. The van der Waals surface area contributed by atoms with Crippen molar-refractivity contribution in [2.75, 3.05) is 24.7 Å². The van der Waals surface area contributed by atoms with E-state index in [-0.39, 0.29) is 0 Å². The molecule has 1 rings (SSSR count). The summed E-state index contributed by atoms with van der Waals surface area (Å²) in [4.78, 5) is 0.359. The Balaban J connectivity index is 2.77. The molecule has 1 unspecified atom stereocenters. The largest absolute Gasteiger partial charge is 0.384 e. The monoisotopic (exact) mass is 284 g/mol. The lowest BCUT2D eigenvalue weighted by molar-refractivity contribution is 0.473. The second kappa shape index (κ2) is 7.50. The van der Waals surface area contributed by atoms with Gasteiger partial charge in [0.25, 0.3) is 0 Å². The molecule has 0 heterocycles. The third-order valence-corrected chi connectivity index (χ3v) is 4.29. The van der Waals surface area contributed by atoms with E-state index in [0.717, 1.165) is 25.8 Å². The molecule has 0 radical (unpaired) electrons.